The number of hydrogen-bond acceptors (Lipinski definition) is 2. The van der Waals surface area contributed by atoms with Gasteiger partial charge in [-0.15, -0.1) is 0 Å². The van der Waals surface area contributed by atoms with Crippen LogP contribution in [0.25, 0.3) is 0 Å². The van der Waals surface area contributed by atoms with Gasteiger partial charge >= 0.3 is 0 Å². The number of carbonyl (C=O) groups is 1. The van der Waals surface area contributed by atoms with Crippen LogP contribution in [0.2, 0.25) is 0 Å². The number of nitrogens with zero attached hydrogens (tertiary/aromatic N) is 2. The van der Waals surface area contributed by atoms with Gasteiger partial charge in [0.15, 0.2) is 5.96 Å². The Kier molecular flexibility index (Phi) is 3.31. The maximum Gasteiger partial charge on any atom is 0.223 e. The molecule has 2 rings (SSSR count). The Balaban J connectivity index is 1.61. The number of guanidine groups is 1. The zero-order valence-corrected chi connectivity index (χ0v) is 9.78. The summed E-state index contributed by atoms with van der Waals surface area (Å²) in [5.41, 5.74) is 5.81. The number of hydrogen-bond donors (Lipinski definition) is 2. The van der Waals surface area contributed by atoms with Crippen LogP contribution in [0.5, 0.6) is 0 Å². The fraction of sp³-hybridized carbons (Fsp3) is 0.818. The Morgan fingerprint density at radius 1 is 1.44 bits per heavy atom. The summed E-state index contributed by atoms with van der Waals surface area (Å²) in [6, 6.07) is 0.588. The van der Waals surface area contributed by atoms with Gasteiger partial charge in [-0.3, -0.25) is 9.79 Å². The molecule has 2 saturated carbocycles. The Bertz CT molecular complexity index is 294. The molecule has 5 heteroatoms. The van der Waals surface area contributed by atoms with Gasteiger partial charge in [0.05, 0.1) is 6.54 Å². The lowest BCUT2D eigenvalue weighted by molar-refractivity contribution is -0.122. The quantitative estimate of drug-likeness (QED) is 0.390. The lowest BCUT2D eigenvalue weighted by Crippen LogP contribution is -2.36. The van der Waals surface area contributed by atoms with Crippen molar-refractivity contribution < 1.29 is 4.79 Å². The highest BCUT2D eigenvalue weighted by Crippen LogP contribution is 2.28. The summed E-state index contributed by atoms with van der Waals surface area (Å²) in [6.45, 7) is 1.16. The van der Waals surface area contributed by atoms with E-state index in [0.717, 1.165) is 12.8 Å². The van der Waals surface area contributed by atoms with Gasteiger partial charge < -0.3 is 16.0 Å². The topological polar surface area (TPSA) is 70.7 Å². The summed E-state index contributed by atoms with van der Waals surface area (Å²) < 4.78 is 0. The van der Waals surface area contributed by atoms with E-state index >= 15 is 0 Å². The van der Waals surface area contributed by atoms with Gasteiger partial charge in [0, 0.05) is 25.6 Å². The largest absolute Gasteiger partial charge is 0.370 e. The molecule has 16 heavy (non-hydrogen) atoms. The van der Waals surface area contributed by atoms with E-state index in [0.29, 0.717) is 25.1 Å². The Morgan fingerprint density at radius 2 is 2.12 bits per heavy atom. The molecule has 2 aliphatic rings. The summed E-state index contributed by atoms with van der Waals surface area (Å²) in [6.07, 6.45) is 4.51. The van der Waals surface area contributed by atoms with Crippen molar-refractivity contribution in [2.24, 2.45) is 16.6 Å². The van der Waals surface area contributed by atoms with E-state index in [9.17, 15) is 4.79 Å². The first-order chi connectivity index (χ1) is 7.68. The fourth-order valence-electron chi connectivity index (χ4n) is 1.60. The van der Waals surface area contributed by atoms with Crippen molar-refractivity contribution in [2.75, 3.05) is 20.1 Å². The number of aliphatic imine (C=N–C) groups is 1. The first-order valence-electron chi connectivity index (χ1n) is 5.99. The SMILES string of the molecule is CN(C(N)=NCCNC(=O)C1CC1)C1CC1. The summed E-state index contributed by atoms with van der Waals surface area (Å²) in [7, 11) is 1.97. The first-order valence-corrected chi connectivity index (χ1v) is 5.99. The average molecular weight is 224 g/mol. The van der Waals surface area contributed by atoms with Crippen LogP contribution in [-0.2, 0) is 4.79 Å². The third-order valence-electron chi connectivity index (χ3n) is 3.09. The standard InChI is InChI=1S/C11H20N4O/c1-15(9-4-5-9)11(12)14-7-6-13-10(16)8-2-3-8/h8-9H,2-7H2,1H3,(H2,12,14)(H,13,16). The predicted molar refractivity (Wildman–Crippen MR) is 63.0 cm³/mol. The molecular weight excluding hydrogens is 204 g/mol. The van der Waals surface area contributed by atoms with Gasteiger partial charge in [0.25, 0.3) is 0 Å². The predicted octanol–water partition coefficient (Wildman–Crippen LogP) is -0.0785. The Labute approximate surface area is 96.1 Å². The van der Waals surface area contributed by atoms with Gasteiger partial charge in [-0.25, -0.2) is 0 Å². The first kappa shape index (κ1) is 11.2. The molecule has 0 unspecified atom stereocenters. The third-order valence-corrected chi connectivity index (χ3v) is 3.09. The van der Waals surface area contributed by atoms with E-state index in [1.807, 2.05) is 11.9 Å². The minimum Gasteiger partial charge on any atom is -0.370 e. The second-order valence-electron chi connectivity index (χ2n) is 4.65. The van der Waals surface area contributed by atoms with Crippen LogP contribution in [-0.4, -0.2) is 42.9 Å². The number of rotatable bonds is 5. The van der Waals surface area contributed by atoms with Crippen LogP contribution in [0.3, 0.4) is 0 Å². The van der Waals surface area contributed by atoms with Gasteiger partial charge in [0.2, 0.25) is 5.91 Å². The molecule has 0 heterocycles. The molecule has 0 aromatic heterocycles. The maximum absolute atomic E-state index is 11.3. The second kappa shape index (κ2) is 4.72. The van der Waals surface area contributed by atoms with Crippen LogP contribution in [0.1, 0.15) is 25.7 Å². The van der Waals surface area contributed by atoms with Crippen LogP contribution in [0, 0.1) is 5.92 Å². The summed E-state index contributed by atoms with van der Waals surface area (Å²) in [5, 5.41) is 2.86. The van der Waals surface area contributed by atoms with Crippen LogP contribution in [0.4, 0.5) is 0 Å². The van der Waals surface area contributed by atoms with Crippen molar-refractivity contribution in [1.82, 2.24) is 10.2 Å². The van der Waals surface area contributed by atoms with Crippen LogP contribution < -0.4 is 11.1 Å². The van der Waals surface area contributed by atoms with E-state index in [1.165, 1.54) is 12.8 Å². The number of carbonyl (C=O) groups excluding carboxylic acids is 1. The highest BCUT2D eigenvalue weighted by molar-refractivity contribution is 5.81. The van der Waals surface area contributed by atoms with Crippen molar-refractivity contribution in [1.29, 1.82) is 0 Å². The molecule has 2 aliphatic carbocycles. The highest BCUT2D eigenvalue weighted by atomic mass is 16.2. The normalized spacial score (nSPS) is 20.7. The number of nitrogens with one attached hydrogen (secondary N) is 1. The van der Waals surface area contributed by atoms with Crippen molar-refractivity contribution >= 4 is 11.9 Å². The molecule has 0 radical (unpaired) electrons. The number of nitrogens with two attached hydrogens (primary N) is 1. The zero-order valence-electron chi connectivity index (χ0n) is 9.78. The molecule has 0 spiro atoms. The number of amides is 1. The summed E-state index contributed by atoms with van der Waals surface area (Å²) in [5.74, 6) is 1.03. The molecule has 0 atom stereocenters. The van der Waals surface area contributed by atoms with E-state index in [1.54, 1.807) is 0 Å². The Hall–Kier alpha value is -1.26. The summed E-state index contributed by atoms with van der Waals surface area (Å²) in [4.78, 5) is 17.6. The van der Waals surface area contributed by atoms with Gasteiger partial charge in [0.1, 0.15) is 0 Å². The van der Waals surface area contributed by atoms with Gasteiger partial charge in [-0.2, -0.15) is 0 Å². The van der Waals surface area contributed by atoms with E-state index in [4.69, 9.17) is 5.73 Å². The lowest BCUT2D eigenvalue weighted by Gasteiger charge is -2.16. The molecule has 0 saturated heterocycles. The van der Waals surface area contributed by atoms with Crippen molar-refractivity contribution in [2.45, 2.75) is 31.7 Å². The molecular formula is C11H20N4O. The lowest BCUT2D eigenvalue weighted by atomic mass is 10.4. The molecule has 1 amide bonds. The minimum absolute atomic E-state index is 0.171. The monoisotopic (exact) mass is 224 g/mol. The maximum atomic E-state index is 11.3. The van der Waals surface area contributed by atoms with Crippen molar-refractivity contribution in [3.63, 3.8) is 0 Å². The molecule has 5 nitrogen and oxygen atoms in total. The fourth-order valence-corrected chi connectivity index (χ4v) is 1.60. The smallest absolute Gasteiger partial charge is 0.223 e. The van der Waals surface area contributed by atoms with Crippen molar-refractivity contribution in [3.8, 4) is 0 Å². The molecule has 2 fully saturated rings. The third kappa shape index (κ3) is 3.12. The molecule has 0 aromatic carbocycles. The minimum atomic E-state index is 0.171. The van der Waals surface area contributed by atoms with E-state index in [-0.39, 0.29) is 11.8 Å². The molecule has 0 aliphatic heterocycles. The molecule has 3 N–H and O–H groups in total. The van der Waals surface area contributed by atoms with Crippen LogP contribution >= 0.6 is 0 Å². The molecule has 90 valence electrons. The molecule has 0 aromatic rings. The van der Waals surface area contributed by atoms with Gasteiger partial charge in [-0.05, 0) is 25.7 Å². The zero-order chi connectivity index (χ0) is 11.5. The van der Waals surface area contributed by atoms with E-state index < -0.39 is 0 Å². The summed E-state index contributed by atoms with van der Waals surface area (Å²) >= 11 is 0. The van der Waals surface area contributed by atoms with E-state index in [2.05, 4.69) is 10.3 Å². The Morgan fingerprint density at radius 3 is 2.69 bits per heavy atom. The molecule has 0 bridgehead atoms. The van der Waals surface area contributed by atoms with Crippen LogP contribution in [0.15, 0.2) is 4.99 Å². The van der Waals surface area contributed by atoms with Crippen molar-refractivity contribution in [3.05, 3.63) is 0 Å². The second-order valence-corrected chi connectivity index (χ2v) is 4.65. The average Bonchev–Trinajstić information content (AvgIpc) is 3.14. The highest BCUT2D eigenvalue weighted by Gasteiger charge is 2.29. The van der Waals surface area contributed by atoms with Gasteiger partial charge in [-0.1, -0.05) is 0 Å².